The van der Waals surface area contributed by atoms with Crippen molar-refractivity contribution in [3.05, 3.63) is 31.2 Å². The summed E-state index contributed by atoms with van der Waals surface area (Å²) in [5, 5.41) is 0. The number of hydrogen-bond donors (Lipinski definition) is 0. The molecular formula is C9H14Hf-2. The van der Waals surface area contributed by atoms with Gasteiger partial charge in [-0.05, 0) is 0 Å². The Bertz CT molecular complexity index is 80.9. The molecule has 0 nitrogen and oxygen atoms in total. The van der Waals surface area contributed by atoms with Crippen LogP contribution in [0.25, 0.3) is 0 Å². The molecule has 0 heterocycles. The van der Waals surface area contributed by atoms with Gasteiger partial charge in [0.2, 0.25) is 0 Å². The Morgan fingerprint density at radius 1 is 1.60 bits per heavy atom. The average molecular weight is 301 g/mol. The van der Waals surface area contributed by atoms with Gasteiger partial charge >= 0.3 is 0 Å². The van der Waals surface area contributed by atoms with Gasteiger partial charge < -0.3 is 6.92 Å². The molecule has 1 aliphatic rings. The first-order chi connectivity index (χ1) is 4.41. The third-order valence-corrected chi connectivity index (χ3v) is 0.939. The smallest absolute Gasteiger partial charge is 0 e. The summed E-state index contributed by atoms with van der Waals surface area (Å²) in [4.78, 5) is 0. The molecule has 0 spiro atoms. The molecule has 1 rings (SSSR count). The van der Waals surface area contributed by atoms with Gasteiger partial charge in [-0.2, -0.15) is 12.5 Å². The van der Waals surface area contributed by atoms with E-state index in [0.29, 0.717) is 0 Å². The summed E-state index contributed by atoms with van der Waals surface area (Å²) >= 11 is 0. The molecule has 10 heavy (non-hydrogen) atoms. The molecule has 0 aromatic carbocycles. The van der Waals surface area contributed by atoms with Crippen molar-refractivity contribution in [1.82, 2.24) is 0 Å². The topological polar surface area (TPSA) is 0 Å². The van der Waals surface area contributed by atoms with Crippen LogP contribution >= 0.6 is 0 Å². The van der Waals surface area contributed by atoms with E-state index in [1.807, 2.05) is 12.2 Å². The standard InChI is InChI=1S/C5H5.C4H9.Hf/c1-2-4-5-3-1;1-3-4-2;/h1-3H,4H2;1,3-4H2,2H3;/q2*-1;. The van der Waals surface area contributed by atoms with Gasteiger partial charge in [-0.15, -0.1) is 6.42 Å². The van der Waals surface area contributed by atoms with E-state index in [1.165, 1.54) is 6.42 Å². The summed E-state index contributed by atoms with van der Waals surface area (Å²) in [5.41, 5.74) is 0. The largest absolute Gasteiger partial charge is 0.343 e. The molecule has 0 saturated carbocycles. The third-order valence-electron chi connectivity index (χ3n) is 0.939. The van der Waals surface area contributed by atoms with Crippen molar-refractivity contribution in [3.63, 3.8) is 0 Å². The van der Waals surface area contributed by atoms with Crippen LogP contribution in [-0.2, 0) is 25.8 Å². The maximum atomic E-state index is 3.60. The quantitative estimate of drug-likeness (QED) is 0.516. The minimum absolute atomic E-state index is 0. The van der Waals surface area contributed by atoms with Gasteiger partial charge in [0.05, 0.1) is 0 Å². The fourth-order valence-corrected chi connectivity index (χ4v) is 0.340. The number of hydrogen-bond acceptors (Lipinski definition) is 0. The Hall–Kier alpha value is 0.350. The molecule has 0 saturated heterocycles. The van der Waals surface area contributed by atoms with Gasteiger partial charge in [0.25, 0.3) is 0 Å². The van der Waals surface area contributed by atoms with Crippen LogP contribution in [0, 0.1) is 13.0 Å². The van der Waals surface area contributed by atoms with Crippen LogP contribution in [0.15, 0.2) is 18.2 Å². The Labute approximate surface area is 83.2 Å². The minimum Gasteiger partial charge on any atom is -0.343 e. The van der Waals surface area contributed by atoms with Gasteiger partial charge in [0.15, 0.2) is 0 Å². The van der Waals surface area contributed by atoms with E-state index >= 15 is 0 Å². The van der Waals surface area contributed by atoms with Crippen molar-refractivity contribution in [2.75, 3.05) is 0 Å². The van der Waals surface area contributed by atoms with E-state index in [9.17, 15) is 0 Å². The van der Waals surface area contributed by atoms with Crippen molar-refractivity contribution < 1.29 is 25.8 Å². The number of unbranched alkanes of at least 4 members (excludes halogenated alkanes) is 1. The second-order valence-electron chi connectivity index (χ2n) is 1.86. The maximum absolute atomic E-state index is 3.60. The Morgan fingerprint density at radius 2 is 2.20 bits per heavy atom. The summed E-state index contributed by atoms with van der Waals surface area (Å²) in [7, 11) is 0. The first-order valence-electron chi connectivity index (χ1n) is 3.42. The Morgan fingerprint density at radius 3 is 2.30 bits per heavy atom. The van der Waals surface area contributed by atoms with Gasteiger partial charge in [0.1, 0.15) is 0 Å². The van der Waals surface area contributed by atoms with E-state index < -0.39 is 0 Å². The van der Waals surface area contributed by atoms with Gasteiger partial charge in [-0.1, -0.05) is 13.3 Å². The van der Waals surface area contributed by atoms with Crippen molar-refractivity contribution in [2.24, 2.45) is 0 Å². The van der Waals surface area contributed by atoms with Crippen molar-refractivity contribution in [1.29, 1.82) is 0 Å². The molecule has 1 heteroatoms. The second-order valence-corrected chi connectivity index (χ2v) is 1.86. The summed E-state index contributed by atoms with van der Waals surface area (Å²) < 4.78 is 0. The fourth-order valence-electron chi connectivity index (χ4n) is 0.340. The van der Waals surface area contributed by atoms with Gasteiger partial charge in [-0.25, -0.2) is 12.2 Å². The molecule has 0 radical (unpaired) electrons. The molecule has 0 N–H and O–H groups in total. The van der Waals surface area contributed by atoms with Crippen LogP contribution in [0.2, 0.25) is 0 Å². The van der Waals surface area contributed by atoms with Crippen LogP contribution < -0.4 is 0 Å². The molecule has 0 amide bonds. The van der Waals surface area contributed by atoms with E-state index in [0.717, 1.165) is 12.8 Å². The Balaban J connectivity index is 0. The molecule has 0 aromatic rings. The van der Waals surface area contributed by atoms with Crippen molar-refractivity contribution in [3.8, 4) is 0 Å². The van der Waals surface area contributed by atoms with Crippen LogP contribution in [0.5, 0.6) is 0 Å². The third kappa shape index (κ3) is 11.2. The normalized spacial score (nSPS) is 11.8. The number of rotatable bonds is 1. The molecule has 1 aliphatic carbocycles. The first-order valence-corrected chi connectivity index (χ1v) is 3.42. The van der Waals surface area contributed by atoms with E-state index in [1.54, 1.807) is 0 Å². The van der Waals surface area contributed by atoms with Crippen LogP contribution in [0.1, 0.15) is 26.2 Å². The monoisotopic (exact) mass is 302 g/mol. The van der Waals surface area contributed by atoms with Gasteiger partial charge in [-0.3, -0.25) is 6.08 Å². The predicted octanol–water partition coefficient (Wildman–Crippen LogP) is 2.92. The summed E-state index contributed by atoms with van der Waals surface area (Å²) in [6.45, 7) is 5.72. The van der Waals surface area contributed by atoms with E-state index in [-0.39, 0.29) is 25.8 Å². The molecule has 0 fully saturated rings. The van der Waals surface area contributed by atoms with Crippen LogP contribution in [-0.4, -0.2) is 0 Å². The minimum atomic E-state index is 0. The predicted molar refractivity (Wildman–Crippen MR) is 41.8 cm³/mol. The number of allylic oxidation sites excluding steroid dienone is 4. The maximum Gasteiger partial charge on any atom is 0 e. The zero-order valence-corrected chi connectivity index (χ0v) is 10.2. The van der Waals surface area contributed by atoms with E-state index in [4.69, 9.17) is 0 Å². The summed E-state index contributed by atoms with van der Waals surface area (Å²) in [6.07, 6.45) is 12.3. The second kappa shape index (κ2) is 12.1. The van der Waals surface area contributed by atoms with Crippen LogP contribution in [0.3, 0.4) is 0 Å². The molecule has 0 unspecified atom stereocenters. The van der Waals surface area contributed by atoms with Crippen molar-refractivity contribution >= 4 is 0 Å². The Kier molecular flexibility index (Phi) is 15.7. The molecule has 0 aromatic heterocycles. The molecule has 56 valence electrons. The fraction of sp³-hybridized carbons (Fsp3) is 0.444. The molecular weight excluding hydrogens is 287 g/mol. The zero-order chi connectivity index (χ0) is 6.95. The first kappa shape index (κ1) is 13.0. The average Bonchev–Trinajstić information content (AvgIpc) is 2.43. The van der Waals surface area contributed by atoms with E-state index in [2.05, 4.69) is 26.0 Å². The summed E-state index contributed by atoms with van der Waals surface area (Å²) in [6, 6.07) is 0. The van der Waals surface area contributed by atoms with Crippen molar-refractivity contribution in [2.45, 2.75) is 26.2 Å². The van der Waals surface area contributed by atoms with Gasteiger partial charge in [0, 0.05) is 25.8 Å². The van der Waals surface area contributed by atoms with Crippen LogP contribution in [0.4, 0.5) is 0 Å². The molecule has 0 aliphatic heterocycles. The summed E-state index contributed by atoms with van der Waals surface area (Å²) in [5.74, 6) is 0. The molecule has 0 atom stereocenters. The molecule has 0 bridgehead atoms. The zero-order valence-electron chi connectivity index (χ0n) is 6.56. The SMILES string of the molecule is [C-]1=CC=CC1.[CH2-]CCC.[Hf].